The second-order valence-corrected chi connectivity index (χ2v) is 11.1. The summed E-state index contributed by atoms with van der Waals surface area (Å²) in [5.74, 6) is 0. The Kier molecular flexibility index (Phi) is 13.8. The highest BCUT2D eigenvalue weighted by atomic mass is 16.6. The number of aliphatic hydroxyl groups excluding tert-OH is 1. The van der Waals surface area contributed by atoms with Crippen LogP contribution < -0.4 is 0 Å². The van der Waals surface area contributed by atoms with Crippen molar-refractivity contribution in [3.63, 3.8) is 0 Å². The van der Waals surface area contributed by atoms with Crippen molar-refractivity contribution in [2.24, 2.45) is 0 Å². The van der Waals surface area contributed by atoms with Gasteiger partial charge in [0.1, 0.15) is 11.2 Å². The average molecular weight is 493 g/mol. The van der Waals surface area contributed by atoms with E-state index in [1.165, 1.54) is 0 Å². The number of aliphatic hydroxyl groups is 1. The SMILES string of the molecule is CC(C)(C)OC(=O)N(CCCCCCO)CCCCCN(Cc1ccccc1)C(=O)OC(C)(C)C. The molecule has 0 bridgehead atoms. The van der Waals surface area contributed by atoms with Crippen molar-refractivity contribution in [1.29, 1.82) is 0 Å². The van der Waals surface area contributed by atoms with E-state index < -0.39 is 11.2 Å². The van der Waals surface area contributed by atoms with Gasteiger partial charge in [-0.3, -0.25) is 0 Å². The molecular formula is C28H48N2O5. The number of benzene rings is 1. The number of hydrogen-bond donors (Lipinski definition) is 1. The van der Waals surface area contributed by atoms with Gasteiger partial charge >= 0.3 is 12.2 Å². The zero-order chi connectivity index (χ0) is 26.3. The molecule has 7 nitrogen and oxygen atoms in total. The lowest BCUT2D eigenvalue weighted by Gasteiger charge is -2.28. The number of unbranched alkanes of at least 4 members (excludes halogenated alkanes) is 5. The zero-order valence-electron chi connectivity index (χ0n) is 22.8. The lowest BCUT2D eigenvalue weighted by molar-refractivity contribution is 0.0229. The summed E-state index contributed by atoms with van der Waals surface area (Å²) >= 11 is 0. The molecule has 0 aliphatic rings. The maximum absolute atomic E-state index is 12.8. The summed E-state index contributed by atoms with van der Waals surface area (Å²) in [6.45, 7) is 13.8. The summed E-state index contributed by atoms with van der Waals surface area (Å²) in [6, 6.07) is 9.92. The van der Waals surface area contributed by atoms with Gasteiger partial charge in [-0.2, -0.15) is 0 Å². The topological polar surface area (TPSA) is 79.3 Å². The molecule has 0 radical (unpaired) electrons. The molecule has 0 spiro atoms. The minimum absolute atomic E-state index is 0.209. The largest absolute Gasteiger partial charge is 0.444 e. The van der Waals surface area contributed by atoms with Crippen molar-refractivity contribution in [3.8, 4) is 0 Å². The molecule has 0 atom stereocenters. The third kappa shape index (κ3) is 15.4. The Morgan fingerprint density at radius 1 is 0.686 bits per heavy atom. The van der Waals surface area contributed by atoms with E-state index in [1.54, 1.807) is 9.80 Å². The van der Waals surface area contributed by atoms with Crippen LogP contribution in [0.1, 0.15) is 92.1 Å². The van der Waals surface area contributed by atoms with Crippen LogP contribution in [-0.4, -0.2) is 64.5 Å². The summed E-state index contributed by atoms with van der Waals surface area (Å²) in [7, 11) is 0. The van der Waals surface area contributed by atoms with Crippen LogP contribution in [0.25, 0.3) is 0 Å². The van der Waals surface area contributed by atoms with Crippen molar-refractivity contribution in [3.05, 3.63) is 35.9 Å². The third-order valence-electron chi connectivity index (χ3n) is 5.21. The number of nitrogens with zero attached hydrogens (tertiary/aromatic N) is 2. The lowest BCUT2D eigenvalue weighted by Crippen LogP contribution is -2.38. The number of amides is 2. The number of rotatable bonds is 14. The van der Waals surface area contributed by atoms with Crippen LogP contribution in [0.5, 0.6) is 0 Å². The van der Waals surface area contributed by atoms with Crippen LogP contribution in [0, 0.1) is 0 Å². The van der Waals surface area contributed by atoms with Gasteiger partial charge in [0.2, 0.25) is 0 Å². The summed E-state index contributed by atoms with van der Waals surface area (Å²) in [5, 5.41) is 8.95. The van der Waals surface area contributed by atoms with E-state index >= 15 is 0 Å². The molecule has 0 saturated heterocycles. The minimum atomic E-state index is -0.545. The molecule has 0 aromatic heterocycles. The van der Waals surface area contributed by atoms with E-state index in [0.717, 1.165) is 50.5 Å². The second kappa shape index (κ2) is 15.7. The Hall–Kier alpha value is -2.28. The van der Waals surface area contributed by atoms with Gasteiger partial charge < -0.3 is 24.4 Å². The van der Waals surface area contributed by atoms with Crippen molar-refractivity contribution in [2.45, 2.75) is 104 Å². The highest BCUT2D eigenvalue weighted by Crippen LogP contribution is 2.15. The molecular weight excluding hydrogens is 444 g/mol. The number of ether oxygens (including phenoxy) is 2. The Balaban J connectivity index is 2.60. The molecule has 0 aliphatic heterocycles. The predicted molar refractivity (Wildman–Crippen MR) is 140 cm³/mol. The first-order chi connectivity index (χ1) is 16.4. The predicted octanol–water partition coefficient (Wildman–Crippen LogP) is 6.38. The molecule has 0 heterocycles. The van der Waals surface area contributed by atoms with Crippen LogP contribution in [0.4, 0.5) is 9.59 Å². The van der Waals surface area contributed by atoms with E-state index in [0.29, 0.717) is 26.2 Å². The maximum Gasteiger partial charge on any atom is 0.410 e. The molecule has 1 aromatic rings. The maximum atomic E-state index is 12.8. The molecule has 0 unspecified atom stereocenters. The molecule has 1 aromatic carbocycles. The van der Waals surface area contributed by atoms with Crippen LogP contribution in [0.15, 0.2) is 30.3 Å². The fourth-order valence-electron chi connectivity index (χ4n) is 3.54. The van der Waals surface area contributed by atoms with E-state index in [2.05, 4.69) is 0 Å². The van der Waals surface area contributed by atoms with Gasteiger partial charge in [0.25, 0.3) is 0 Å². The summed E-state index contributed by atoms with van der Waals surface area (Å²) < 4.78 is 11.2. The van der Waals surface area contributed by atoms with Crippen LogP contribution in [0.3, 0.4) is 0 Å². The molecule has 2 amide bonds. The van der Waals surface area contributed by atoms with Crippen LogP contribution in [0.2, 0.25) is 0 Å². The first-order valence-corrected chi connectivity index (χ1v) is 13.0. The van der Waals surface area contributed by atoms with E-state index in [-0.39, 0.29) is 18.8 Å². The highest BCUT2D eigenvalue weighted by molar-refractivity contribution is 5.68. The lowest BCUT2D eigenvalue weighted by atomic mass is 10.1. The molecule has 7 heteroatoms. The smallest absolute Gasteiger partial charge is 0.410 e. The van der Waals surface area contributed by atoms with E-state index in [4.69, 9.17) is 14.6 Å². The normalized spacial score (nSPS) is 11.7. The van der Waals surface area contributed by atoms with Crippen molar-refractivity contribution in [1.82, 2.24) is 9.80 Å². The number of hydrogen-bond acceptors (Lipinski definition) is 5. The Labute approximate surface area is 212 Å². The number of carbonyl (C=O) groups is 2. The summed E-state index contributed by atoms with van der Waals surface area (Å²) in [4.78, 5) is 29.0. The first-order valence-electron chi connectivity index (χ1n) is 13.0. The van der Waals surface area contributed by atoms with Gasteiger partial charge in [-0.1, -0.05) is 43.2 Å². The molecule has 0 saturated carbocycles. The standard InChI is InChI=1S/C28H48N2O5/c1-27(2,3)34-25(32)29(19-13-7-8-16-22-31)20-14-10-15-21-30(26(33)35-28(4,5)6)23-24-17-11-9-12-18-24/h9,11-12,17-18,31H,7-8,10,13-16,19-23H2,1-6H3. The Morgan fingerprint density at radius 3 is 1.60 bits per heavy atom. The van der Waals surface area contributed by atoms with Gasteiger partial charge in [-0.15, -0.1) is 0 Å². The van der Waals surface area contributed by atoms with Gasteiger partial charge in [-0.05, 0) is 79.2 Å². The van der Waals surface area contributed by atoms with Crippen LogP contribution >= 0.6 is 0 Å². The minimum Gasteiger partial charge on any atom is -0.444 e. The molecule has 35 heavy (non-hydrogen) atoms. The summed E-state index contributed by atoms with van der Waals surface area (Å²) in [6.07, 6.45) is 5.59. The van der Waals surface area contributed by atoms with Gasteiger partial charge in [0.05, 0.1) is 0 Å². The van der Waals surface area contributed by atoms with Crippen LogP contribution in [-0.2, 0) is 16.0 Å². The van der Waals surface area contributed by atoms with E-state index in [9.17, 15) is 9.59 Å². The fourth-order valence-corrected chi connectivity index (χ4v) is 3.54. The molecule has 1 N–H and O–H groups in total. The fraction of sp³-hybridized carbons (Fsp3) is 0.714. The second-order valence-electron chi connectivity index (χ2n) is 11.1. The average Bonchev–Trinajstić information content (AvgIpc) is 2.74. The third-order valence-corrected chi connectivity index (χ3v) is 5.21. The highest BCUT2D eigenvalue weighted by Gasteiger charge is 2.23. The monoisotopic (exact) mass is 492 g/mol. The Morgan fingerprint density at radius 2 is 1.11 bits per heavy atom. The van der Waals surface area contributed by atoms with Gasteiger partial charge in [0.15, 0.2) is 0 Å². The van der Waals surface area contributed by atoms with Gasteiger partial charge in [0, 0.05) is 32.8 Å². The van der Waals surface area contributed by atoms with Crippen molar-refractivity contribution >= 4 is 12.2 Å². The summed E-state index contributed by atoms with van der Waals surface area (Å²) in [5.41, 5.74) is -0.00929. The van der Waals surface area contributed by atoms with Crippen molar-refractivity contribution < 1.29 is 24.2 Å². The zero-order valence-corrected chi connectivity index (χ0v) is 22.8. The quantitative estimate of drug-likeness (QED) is 0.305. The first kappa shape index (κ1) is 30.8. The van der Waals surface area contributed by atoms with Gasteiger partial charge in [-0.25, -0.2) is 9.59 Å². The molecule has 0 aliphatic carbocycles. The molecule has 0 fully saturated rings. The number of carbonyl (C=O) groups excluding carboxylic acids is 2. The molecule has 1 rings (SSSR count). The van der Waals surface area contributed by atoms with Crippen molar-refractivity contribution in [2.75, 3.05) is 26.2 Å². The van der Waals surface area contributed by atoms with E-state index in [1.807, 2.05) is 71.9 Å². The molecule has 200 valence electrons. The Bertz CT molecular complexity index is 725.